The smallest absolute Gasteiger partial charge is 0.254 e. The van der Waals surface area contributed by atoms with Crippen molar-refractivity contribution in [2.75, 3.05) is 6.54 Å². The topological polar surface area (TPSA) is 140 Å². The Morgan fingerprint density at radius 3 is 2.09 bits per heavy atom. The highest BCUT2D eigenvalue weighted by molar-refractivity contribution is 6.12. The average molecular weight is 450 g/mol. The minimum atomic E-state index is -0.535. The van der Waals surface area contributed by atoms with Gasteiger partial charge in [-0.15, -0.1) is 0 Å². The molecule has 0 heterocycles. The van der Waals surface area contributed by atoms with Gasteiger partial charge in [0.2, 0.25) is 12.3 Å². The molecule has 0 fully saturated rings. The highest BCUT2D eigenvalue weighted by atomic mass is 16.2. The number of nitrogens with zero attached hydrogens (tertiary/aromatic N) is 1. The van der Waals surface area contributed by atoms with Crippen molar-refractivity contribution in [2.45, 2.75) is 73.9 Å². The van der Waals surface area contributed by atoms with E-state index in [0.717, 1.165) is 12.3 Å². The molecule has 8 heteroatoms. The number of nitrogens with one attached hydrogen (secondary N) is 2. The molecular weight excluding hydrogens is 406 g/mol. The highest BCUT2D eigenvalue weighted by Gasteiger charge is 2.18. The maximum atomic E-state index is 11.9. The van der Waals surface area contributed by atoms with Gasteiger partial charge >= 0.3 is 0 Å². The van der Waals surface area contributed by atoms with Crippen LogP contribution < -0.4 is 22.1 Å². The molecule has 1 aliphatic carbocycles. The number of aliphatic imine (C=N–C) groups is 1. The number of hydrogen-bond acceptors (Lipinski definition) is 5. The van der Waals surface area contributed by atoms with E-state index in [1.54, 1.807) is 6.21 Å². The van der Waals surface area contributed by atoms with Gasteiger partial charge in [0.25, 0.3) is 5.91 Å². The third-order valence-electron chi connectivity index (χ3n) is 3.57. The van der Waals surface area contributed by atoms with Gasteiger partial charge in [-0.2, -0.15) is 0 Å². The normalized spacial score (nSPS) is 15.9. The Labute approximate surface area is 193 Å². The summed E-state index contributed by atoms with van der Waals surface area (Å²) in [5.74, 6) is 0.106. The van der Waals surface area contributed by atoms with E-state index in [4.69, 9.17) is 5.73 Å². The number of primary amides is 1. The van der Waals surface area contributed by atoms with Crippen molar-refractivity contribution in [3.63, 3.8) is 0 Å². The summed E-state index contributed by atoms with van der Waals surface area (Å²) < 4.78 is 0. The fraction of sp³-hybridized carbons (Fsp3) is 0.583. The van der Waals surface area contributed by atoms with Crippen LogP contribution in [0.25, 0.3) is 0 Å². The summed E-state index contributed by atoms with van der Waals surface area (Å²) in [4.78, 5) is 35.4. The number of carbonyl (C=O) groups is 3. The Morgan fingerprint density at radius 1 is 1.22 bits per heavy atom. The molecule has 0 spiro atoms. The maximum Gasteiger partial charge on any atom is 0.254 e. The van der Waals surface area contributed by atoms with Gasteiger partial charge in [0.1, 0.15) is 0 Å². The molecule has 0 saturated carbocycles. The van der Waals surface area contributed by atoms with E-state index in [9.17, 15) is 14.4 Å². The molecule has 3 amide bonds. The zero-order chi connectivity index (χ0) is 25.3. The van der Waals surface area contributed by atoms with E-state index in [1.807, 2.05) is 13.8 Å². The first kappa shape index (κ1) is 31.3. The monoisotopic (exact) mass is 449 g/mol. The van der Waals surface area contributed by atoms with Crippen LogP contribution in [0.5, 0.6) is 0 Å². The third kappa shape index (κ3) is 17.9. The zero-order valence-electron chi connectivity index (χ0n) is 20.9. The zero-order valence-corrected chi connectivity index (χ0v) is 20.9. The summed E-state index contributed by atoms with van der Waals surface area (Å²) in [5, 5.41) is 4.89. The Balaban J connectivity index is 0. The molecule has 1 atom stereocenters. The molecule has 0 aromatic carbocycles. The molecule has 6 N–H and O–H groups in total. The fourth-order valence-electron chi connectivity index (χ4n) is 2.12. The molecule has 1 unspecified atom stereocenters. The van der Waals surface area contributed by atoms with E-state index >= 15 is 0 Å². The SMILES string of the molecule is CC(C)C.CC(C)NC(=O)/C(C=NC1C=CC(C(C)(C)C)=CC1)=C/N.NC(=O)CNC=O. The van der Waals surface area contributed by atoms with Gasteiger partial charge in [0.15, 0.2) is 0 Å². The van der Waals surface area contributed by atoms with Crippen LogP contribution in [0.4, 0.5) is 0 Å². The molecule has 8 nitrogen and oxygen atoms in total. The quantitative estimate of drug-likeness (QED) is 0.269. The first-order valence-corrected chi connectivity index (χ1v) is 10.8. The van der Waals surface area contributed by atoms with E-state index in [0.29, 0.717) is 12.0 Å². The minimum absolute atomic E-state index is 0.0675. The number of amides is 3. The fourth-order valence-corrected chi connectivity index (χ4v) is 2.12. The first-order valence-electron chi connectivity index (χ1n) is 10.8. The van der Waals surface area contributed by atoms with Crippen LogP contribution in [-0.4, -0.2) is 43.1 Å². The molecule has 1 rings (SSSR count). The molecule has 182 valence electrons. The van der Waals surface area contributed by atoms with Gasteiger partial charge in [-0.1, -0.05) is 59.8 Å². The lowest BCUT2D eigenvalue weighted by molar-refractivity contribution is -0.119. The van der Waals surface area contributed by atoms with Crippen LogP contribution in [-0.2, 0) is 14.4 Å². The summed E-state index contributed by atoms with van der Waals surface area (Å²) in [6, 6.07) is 0.144. The lowest BCUT2D eigenvalue weighted by Crippen LogP contribution is -2.32. The predicted molar refractivity (Wildman–Crippen MR) is 133 cm³/mol. The van der Waals surface area contributed by atoms with Crippen LogP contribution >= 0.6 is 0 Å². The Kier molecular flexibility index (Phi) is 16.4. The summed E-state index contributed by atoms with van der Waals surface area (Å²) in [6.45, 7) is 16.8. The van der Waals surface area contributed by atoms with Gasteiger partial charge in [-0.25, -0.2) is 0 Å². The van der Waals surface area contributed by atoms with Crippen molar-refractivity contribution >= 4 is 24.4 Å². The average Bonchev–Trinajstić information content (AvgIpc) is 2.66. The highest BCUT2D eigenvalue weighted by Crippen LogP contribution is 2.29. The largest absolute Gasteiger partial charge is 0.404 e. The van der Waals surface area contributed by atoms with E-state index in [2.05, 4.69) is 81.1 Å². The van der Waals surface area contributed by atoms with Crippen molar-refractivity contribution in [3.8, 4) is 0 Å². The maximum absolute atomic E-state index is 11.9. The van der Waals surface area contributed by atoms with Gasteiger partial charge in [-0.3, -0.25) is 19.4 Å². The second-order valence-electron chi connectivity index (χ2n) is 9.30. The molecule has 0 aromatic rings. The first-order chi connectivity index (χ1) is 14.7. The lowest BCUT2D eigenvalue weighted by Gasteiger charge is -2.24. The summed E-state index contributed by atoms with van der Waals surface area (Å²) in [6.07, 6.45) is 10.5. The number of rotatable bonds is 7. The molecule has 0 radical (unpaired) electrons. The lowest BCUT2D eigenvalue weighted by atomic mass is 9.83. The number of carbonyl (C=O) groups excluding carboxylic acids is 3. The molecule has 0 bridgehead atoms. The second-order valence-corrected chi connectivity index (χ2v) is 9.30. The summed E-state index contributed by atoms with van der Waals surface area (Å²) in [5.41, 5.74) is 12.0. The number of allylic oxidation sites excluding steroid dienone is 2. The Bertz CT molecular complexity index is 696. The van der Waals surface area contributed by atoms with Gasteiger partial charge < -0.3 is 22.1 Å². The molecular formula is C24H43N5O3. The van der Waals surface area contributed by atoms with Gasteiger partial charge in [0.05, 0.1) is 18.2 Å². The molecule has 0 aromatic heterocycles. The van der Waals surface area contributed by atoms with Crippen LogP contribution in [0, 0.1) is 11.3 Å². The van der Waals surface area contributed by atoms with Crippen molar-refractivity contribution in [1.29, 1.82) is 0 Å². The standard InChI is InChI=1S/C17H27N3O.C4H10.C3H6N2O2/c1-12(2)20-16(21)13(10-18)11-19-15-8-6-14(7-9-15)17(3,4)5;1-4(2)3;4-3(7)1-5-2-6/h6-8,10-12,15H,9,18H2,1-5H3,(H,20,21);4H,1-3H3;2H,1H2,(H2,4,7)(H,5,6)/b13-10+,19-11?;;. The molecule has 0 aliphatic heterocycles. The van der Waals surface area contributed by atoms with Crippen LogP contribution in [0.3, 0.4) is 0 Å². The van der Waals surface area contributed by atoms with E-state index in [-0.39, 0.29) is 30.0 Å². The van der Waals surface area contributed by atoms with E-state index in [1.165, 1.54) is 11.8 Å². The number of hydrogen-bond donors (Lipinski definition) is 4. The van der Waals surface area contributed by atoms with E-state index < -0.39 is 5.91 Å². The van der Waals surface area contributed by atoms with Gasteiger partial charge in [0, 0.05) is 18.5 Å². The molecule has 0 saturated heterocycles. The molecule has 32 heavy (non-hydrogen) atoms. The predicted octanol–water partition coefficient (Wildman–Crippen LogP) is 2.61. The van der Waals surface area contributed by atoms with Crippen LogP contribution in [0.1, 0.15) is 61.8 Å². The Hall–Kier alpha value is -2.90. The Morgan fingerprint density at radius 2 is 1.78 bits per heavy atom. The van der Waals surface area contributed by atoms with Crippen LogP contribution in [0.2, 0.25) is 0 Å². The number of nitrogens with two attached hydrogens (primary N) is 2. The van der Waals surface area contributed by atoms with Crippen molar-refractivity contribution < 1.29 is 14.4 Å². The van der Waals surface area contributed by atoms with Crippen molar-refractivity contribution in [2.24, 2.45) is 27.8 Å². The summed E-state index contributed by atoms with van der Waals surface area (Å²) in [7, 11) is 0. The summed E-state index contributed by atoms with van der Waals surface area (Å²) >= 11 is 0. The minimum Gasteiger partial charge on any atom is -0.404 e. The van der Waals surface area contributed by atoms with Crippen LogP contribution in [0.15, 0.2) is 40.6 Å². The third-order valence-corrected chi connectivity index (χ3v) is 3.57. The van der Waals surface area contributed by atoms with Gasteiger partial charge in [-0.05, 0) is 37.2 Å². The van der Waals surface area contributed by atoms with Crippen molar-refractivity contribution in [1.82, 2.24) is 10.6 Å². The van der Waals surface area contributed by atoms with Crippen molar-refractivity contribution in [3.05, 3.63) is 35.6 Å². The molecule has 1 aliphatic rings. The second kappa shape index (κ2) is 16.8.